The van der Waals surface area contributed by atoms with E-state index in [2.05, 4.69) is 0 Å². The van der Waals surface area contributed by atoms with E-state index in [-0.39, 0.29) is 41.2 Å². The topological polar surface area (TPSA) is 219 Å². The van der Waals surface area contributed by atoms with Gasteiger partial charge in [-0.25, -0.2) is 0 Å². The molecule has 0 bridgehead atoms. The van der Waals surface area contributed by atoms with Crippen LogP contribution in [0, 0.1) is 22.0 Å². The lowest BCUT2D eigenvalue weighted by molar-refractivity contribution is -0.384. The maximum absolute atomic E-state index is 12.3. The largest absolute Gasteiger partial charge is 0.480 e. The van der Waals surface area contributed by atoms with Crippen molar-refractivity contribution < 1.29 is 49.6 Å². The van der Waals surface area contributed by atoms with Gasteiger partial charge in [-0.1, -0.05) is 26.0 Å². The first-order valence-electron chi connectivity index (χ1n) is 12.4. The SMILES string of the molecule is CCN(CC)CC(O)CN1C(C)=C(C(C(=O)O)C(=O)O)C(c2cccc([N+](=O)[O-])c2)C(C(C(=O)O)C(=O)O)=C1C. The number of nitro benzene ring substituents is 1. The van der Waals surface area contributed by atoms with Gasteiger partial charge in [0.05, 0.1) is 11.0 Å². The third kappa shape index (κ3) is 6.63. The van der Waals surface area contributed by atoms with E-state index in [0.29, 0.717) is 13.1 Å². The first-order chi connectivity index (χ1) is 18.7. The summed E-state index contributed by atoms with van der Waals surface area (Å²) in [5.41, 5.74) is -1.16. The van der Waals surface area contributed by atoms with Crippen molar-refractivity contribution in [3.63, 3.8) is 0 Å². The molecule has 1 aliphatic heterocycles. The predicted octanol–water partition coefficient (Wildman–Crippen LogP) is 1.82. The van der Waals surface area contributed by atoms with E-state index >= 15 is 0 Å². The number of non-ortho nitro benzene ring substituents is 1. The van der Waals surface area contributed by atoms with Crippen LogP contribution in [-0.2, 0) is 19.2 Å². The van der Waals surface area contributed by atoms with Crippen molar-refractivity contribution in [1.82, 2.24) is 9.80 Å². The molecule has 0 radical (unpaired) electrons. The van der Waals surface area contributed by atoms with Gasteiger partial charge in [-0.15, -0.1) is 0 Å². The summed E-state index contributed by atoms with van der Waals surface area (Å²) < 4.78 is 0. The minimum Gasteiger partial charge on any atom is -0.480 e. The van der Waals surface area contributed by atoms with Gasteiger partial charge in [-0.3, -0.25) is 29.3 Å². The summed E-state index contributed by atoms with van der Waals surface area (Å²) in [7, 11) is 0. The maximum Gasteiger partial charge on any atom is 0.322 e. The Kier molecular flexibility index (Phi) is 10.5. The van der Waals surface area contributed by atoms with Crippen LogP contribution in [-0.4, -0.2) is 96.4 Å². The highest BCUT2D eigenvalue weighted by Crippen LogP contribution is 2.48. The second kappa shape index (κ2) is 13.2. The molecule has 1 aliphatic rings. The lowest BCUT2D eigenvalue weighted by atomic mass is 9.70. The zero-order valence-electron chi connectivity index (χ0n) is 22.5. The third-order valence-corrected chi connectivity index (χ3v) is 7.05. The molecule has 14 heteroatoms. The number of aliphatic carboxylic acids is 4. The van der Waals surface area contributed by atoms with Crippen LogP contribution in [0.1, 0.15) is 39.2 Å². The summed E-state index contributed by atoms with van der Waals surface area (Å²) in [4.78, 5) is 63.1. The van der Waals surface area contributed by atoms with Crippen molar-refractivity contribution >= 4 is 29.6 Å². The normalized spacial score (nSPS) is 15.2. The Balaban J connectivity index is 2.98. The fraction of sp³-hybridized carbons (Fsp3) is 0.462. The molecule has 2 rings (SSSR count). The Morgan fingerprint density at radius 1 is 0.925 bits per heavy atom. The lowest BCUT2D eigenvalue weighted by Gasteiger charge is -2.42. The number of allylic oxidation sites excluding steroid dienone is 2. The number of likely N-dealkylation sites (N-methyl/N-ethyl adjacent to an activating group) is 1. The number of hydrogen-bond donors (Lipinski definition) is 5. The molecule has 0 fully saturated rings. The second-order valence-corrected chi connectivity index (χ2v) is 9.34. The van der Waals surface area contributed by atoms with E-state index in [1.807, 2.05) is 18.7 Å². The first kappa shape index (κ1) is 31.9. The van der Waals surface area contributed by atoms with Gasteiger partial charge in [0.25, 0.3) is 5.69 Å². The molecule has 5 N–H and O–H groups in total. The Morgan fingerprint density at radius 2 is 1.38 bits per heavy atom. The Morgan fingerprint density at radius 3 is 1.75 bits per heavy atom. The van der Waals surface area contributed by atoms with Crippen molar-refractivity contribution in [1.29, 1.82) is 0 Å². The molecule has 0 saturated carbocycles. The van der Waals surface area contributed by atoms with Gasteiger partial charge in [0, 0.05) is 42.5 Å². The summed E-state index contributed by atoms with van der Waals surface area (Å²) in [5, 5.41) is 62.1. The van der Waals surface area contributed by atoms with E-state index in [4.69, 9.17) is 0 Å². The van der Waals surface area contributed by atoms with Gasteiger partial charge in [0.15, 0.2) is 11.8 Å². The van der Waals surface area contributed by atoms with Crippen LogP contribution in [0.15, 0.2) is 46.8 Å². The maximum atomic E-state index is 12.3. The number of carboxylic acid groups (broad SMARTS) is 4. The Labute approximate surface area is 229 Å². The van der Waals surface area contributed by atoms with E-state index in [1.54, 1.807) is 0 Å². The highest BCUT2D eigenvalue weighted by Gasteiger charge is 2.48. The number of carboxylic acids is 4. The molecule has 14 nitrogen and oxygen atoms in total. The van der Waals surface area contributed by atoms with Crippen molar-refractivity contribution in [3.05, 3.63) is 62.5 Å². The molecule has 1 aromatic carbocycles. The Bertz CT molecular complexity index is 1170. The molecule has 40 heavy (non-hydrogen) atoms. The van der Waals surface area contributed by atoms with Crippen LogP contribution in [0.4, 0.5) is 5.69 Å². The average Bonchev–Trinajstić information content (AvgIpc) is 2.86. The van der Waals surface area contributed by atoms with Crippen LogP contribution in [0.25, 0.3) is 0 Å². The fourth-order valence-electron chi connectivity index (χ4n) is 5.14. The molecule has 1 aromatic rings. The van der Waals surface area contributed by atoms with Crippen molar-refractivity contribution in [2.24, 2.45) is 11.8 Å². The number of aliphatic hydroxyl groups excluding tert-OH is 1. The highest BCUT2D eigenvalue weighted by atomic mass is 16.6. The molecule has 0 aromatic heterocycles. The van der Waals surface area contributed by atoms with Crippen molar-refractivity contribution in [2.45, 2.75) is 39.7 Å². The Hall–Kier alpha value is -4.30. The zero-order chi connectivity index (χ0) is 30.5. The zero-order valence-corrected chi connectivity index (χ0v) is 22.5. The van der Waals surface area contributed by atoms with Crippen molar-refractivity contribution in [2.75, 3.05) is 26.2 Å². The van der Waals surface area contributed by atoms with Gasteiger partial charge in [-0.05, 0) is 43.6 Å². The summed E-state index contributed by atoms with van der Waals surface area (Å²) >= 11 is 0. The standard InChI is InChI=1S/C26H33N3O11/c1-5-27(6-2)11-17(30)12-28-13(3)18(21(23(31)32)24(33)34)20(15-8-7-9-16(10-15)29(39)40)19(14(28)4)22(25(35)36)26(37)38/h7-10,17,20-22,30H,5-6,11-12H2,1-4H3,(H,31,32)(H,33,34)(H,35,36)(H,37,38). The molecule has 0 saturated heterocycles. The van der Waals surface area contributed by atoms with E-state index in [9.17, 15) is 54.8 Å². The minimum absolute atomic E-state index is 0.0423. The first-order valence-corrected chi connectivity index (χ1v) is 12.4. The summed E-state index contributed by atoms with van der Waals surface area (Å²) in [5.74, 6) is -13.3. The van der Waals surface area contributed by atoms with E-state index in [0.717, 1.165) is 12.1 Å². The van der Waals surface area contributed by atoms with Crippen LogP contribution >= 0.6 is 0 Å². The summed E-state index contributed by atoms with van der Waals surface area (Å²) in [6, 6.07) is 4.72. The molecular weight excluding hydrogens is 530 g/mol. The number of β-amino-alcohol motifs (C(OH)–C–C–N with tert-alkyl or cyclic N) is 1. The van der Waals surface area contributed by atoms with Gasteiger partial charge >= 0.3 is 23.9 Å². The molecule has 0 spiro atoms. The minimum atomic E-state index is -2.27. The molecular formula is C26H33N3O11. The van der Waals surface area contributed by atoms with E-state index < -0.39 is 58.3 Å². The smallest absolute Gasteiger partial charge is 0.322 e. The van der Waals surface area contributed by atoms with Crippen LogP contribution < -0.4 is 0 Å². The van der Waals surface area contributed by atoms with Crippen molar-refractivity contribution in [3.8, 4) is 0 Å². The van der Waals surface area contributed by atoms with Gasteiger partial charge in [0.1, 0.15) is 0 Å². The summed E-state index contributed by atoms with van der Waals surface area (Å²) in [6.07, 6.45) is -1.08. The van der Waals surface area contributed by atoms with Gasteiger partial charge < -0.3 is 35.3 Å². The quantitative estimate of drug-likeness (QED) is 0.124. The van der Waals surface area contributed by atoms with Crippen LogP contribution in [0.2, 0.25) is 0 Å². The third-order valence-electron chi connectivity index (χ3n) is 7.05. The molecule has 0 aliphatic carbocycles. The predicted molar refractivity (Wildman–Crippen MR) is 139 cm³/mol. The number of hydrogen-bond acceptors (Lipinski definition) is 9. The fourth-order valence-corrected chi connectivity index (χ4v) is 5.14. The molecule has 0 amide bonds. The van der Waals surface area contributed by atoms with E-state index in [1.165, 1.54) is 30.9 Å². The average molecular weight is 564 g/mol. The highest BCUT2D eigenvalue weighted by molar-refractivity contribution is 5.99. The van der Waals surface area contributed by atoms with Crippen LogP contribution in [0.5, 0.6) is 0 Å². The number of benzene rings is 1. The molecule has 218 valence electrons. The number of nitro groups is 1. The lowest BCUT2D eigenvalue weighted by Crippen LogP contribution is -2.44. The molecule has 1 heterocycles. The van der Waals surface area contributed by atoms with Crippen LogP contribution in [0.3, 0.4) is 0 Å². The number of rotatable bonds is 14. The number of carbonyl (C=O) groups is 4. The number of nitrogens with zero attached hydrogens (tertiary/aromatic N) is 3. The van der Waals surface area contributed by atoms with Gasteiger partial charge in [-0.2, -0.15) is 0 Å². The number of aliphatic hydroxyl groups is 1. The molecule has 1 unspecified atom stereocenters. The second-order valence-electron chi connectivity index (χ2n) is 9.34. The monoisotopic (exact) mass is 563 g/mol. The van der Waals surface area contributed by atoms with Gasteiger partial charge in [0.2, 0.25) is 0 Å². The molecule has 1 atom stereocenters. The summed E-state index contributed by atoms with van der Waals surface area (Å²) in [6.45, 7) is 7.67.